The molecule has 0 aliphatic heterocycles. The van der Waals surface area contributed by atoms with Gasteiger partial charge < -0.3 is 19.6 Å². The van der Waals surface area contributed by atoms with Crippen LogP contribution in [0.5, 0.6) is 5.75 Å². The van der Waals surface area contributed by atoms with Crippen molar-refractivity contribution in [1.82, 2.24) is 0 Å². The van der Waals surface area contributed by atoms with Crippen LogP contribution in [0.4, 0.5) is 5.69 Å². The average molecular weight is 382 g/mol. The van der Waals surface area contributed by atoms with E-state index in [-0.39, 0.29) is 18.1 Å². The molecule has 0 bridgehead atoms. The maximum Gasteiger partial charge on any atom is 0.303 e. The van der Waals surface area contributed by atoms with Crippen molar-refractivity contribution in [2.45, 2.75) is 19.8 Å². The molecule has 1 heterocycles. The molecule has 0 aliphatic rings. The highest BCUT2D eigenvalue weighted by Gasteiger charge is 2.15. The third-order valence-corrected chi connectivity index (χ3v) is 3.40. The molecule has 23 heavy (non-hydrogen) atoms. The van der Waals surface area contributed by atoms with E-state index in [0.717, 1.165) is 5.56 Å². The van der Waals surface area contributed by atoms with E-state index in [0.29, 0.717) is 29.1 Å². The molecule has 1 aromatic carbocycles. The van der Waals surface area contributed by atoms with Crippen LogP contribution in [0.25, 0.3) is 0 Å². The Morgan fingerprint density at radius 1 is 1.30 bits per heavy atom. The van der Waals surface area contributed by atoms with Crippen molar-refractivity contribution in [3.8, 4) is 5.75 Å². The number of nitrogens with one attached hydrogen (secondary N) is 1. The van der Waals surface area contributed by atoms with Gasteiger partial charge in [0.2, 0.25) is 0 Å². The first-order chi connectivity index (χ1) is 11.0. The summed E-state index contributed by atoms with van der Waals surface area (Å²) in [6.07, 6.45) is 0.521. The number of carbonyl (C=O) groups is 2. The summed E-state index contributed by atoms with van der Waals surface area (Å²) in [4.78, 5) is 22.5. The highest BCUT2D eigenvalue weighted by Crippen LogP contribution is 2.21. The number of carboxylic acid groups (broad SMARTS) is 1. The van der Waals surface area contributed by atoms with E-state index in [4.69, 9.17) is 14.3 Å². The summed E-state index contributed by atoms with van der Waals surface area (Å²) in [5.74, 6) is -0.300. The minimum atomic E-state index is -0.841. The lowest BCUT2D eigenvalue weighted by Crippen LogP contribution is -2.12. The van der Waals surface area contributed by atoms with Crippen LogP contribution < -0.4 is 10.1 Å². The zero-order valence-corrected chi connectivity index (χ0v) is 14.1. The number of aryl methyl sites for hydroxylation is 1. The first-order valence-electron chi connectivity index (χ1n) is 6.97. The zero-order chi connectivity index (χ0) is 16.8. The van der Waals surface area contributed by atoms with E-state index in [1.807, 2.05) is 0 Å². The molecule has 0 aliphatic carbocycles. The summed E-state index contributed by atoms with van der Waals surface area (Å²) in [5.41, 5.74) is 1.35. The van der Waals surface area contributed by atoms with E-state index >= 15 is 0 Å². The summed E-state index contributed by atoms with van der Waals surface area (Å²) >= 11 is 3.19. The summed E-state index contributed by atoms with van der Waals surface area (Å²) in [6, 6.07) is 8.56. The number of hydrogen-bond donors (Lipinski definition) is 2. The van der Waals surface area contributed by atoms with Gasteiger partial charge in [-0.05, 0) is 59.6 Å². The van der Waals surface area contributed by atoms with Gasteiger partial charge in [0, 0.05) is 17.7 Å². The third kappa shape index (κ3) is 5.14. The highest BCUT2D eigenvalue weighted by atomic mass is 79.9. The number of rotatable bonds is 7. The second-order valence-corrected chi connectivity index (χ2v) is 5.67. The van der Waals surface area contributed by atoms with Crippen molar-refractivity contribution < 1.29 is 23.8 Å². The van der Waals surface area contributed by atoms with Crippen LogP contribution >= 0.6 is 15.9 Å². The SMILES string of the molecule is Cc1cc(Br)oc1C(=O)Nc1ccc(OCCCC(=O)O)cc1. The fourth-order valence-corrected chi connectivity index (χ4v) is 2.41. The Morgan fingerprint density at radius 2 is 2.00 bits per heavy atom. The number of carbonyl (C=O) groups excluding carboxylic acids is 1. The van der Waals surface area contributed by atoms with Gasteiger partial charge in [-0.1, -0.05) is 0 Å². The lowest BCUT2D eigenvalue weighted by Gasteiger charge is -2.07. The molecule has 0 atom stereocenters. The first-order valence-corrected chi connectivity index (χ1v) is 7.77. The van der Waals surface area contributed by atoms with Crippen molar-refractivity contribution in [1.29, 1.82) is 0 Å². The molecular formula is C16H16BrNO5. The minimum Gasteiger partial charge on any atom is -0.494 e. The molecule has 0 radical (unpaired) electrons. The molecule has 2 rings (SSSR count). The van der Waals surface area contributed by atoms with Gasteiger partial charge in [0.05, 0.1) is 6.61 Å². The second-order valence-electron chi connectivity index (χ2n) is 4.89. The molecule has 2 aromatic rings. The predicted octanol–water partition coefficient (Wildman–Crippen LogP) is 3.85. The van der Waals surface area contributed by atoms with Crippen molar-refractivity contribution >= 4 is 33.5 Å². The van der Waals surface area contributed by atoms with Crippen molar-refractivity contribution in [3.63, 3.8) is 0 Å². The van der Waals surface area contributed by atoms with Gasteiger partial charge in [-0.25, -0.2) is 0 Å². The van der Waals surface area contributed by atoms with Crippen LogP contribution in [0.2, 0.25) is 0 Å². The number of anilines is 1. The number of amides is 1. The topological polar surface area (TPSA) is 88.8 Å². The standard InChI is InChI=1S/C16H16BrNO5/c1-10-9-13(17)23-15(10)16(21)18-11-4-6-12(7-5-11)22-8-2-3-14(19)20/h4-7,9H,2-3,8H2,1H3,(H,18,21)(H,19,20). The largest absolute Gasteiger partial charge is 0.494 e. The summed E-state index contributed by atoms with van der Waals surface area (Å²) < 4.78 is 11.2. The lowest BCUT2D eigenvalue weighted by molar-refractivity contribution is -0.137. The molecular weight excluding hydrogens is 366 g/mol. The number of hydrogen-bond acceptors (Lipinski definition) is 4. The highest BCUT2D eigenvalue weighted by molar-refractivity contribution is 9.10. The summed E-state index contributed by atoms with van der Waals surface area (Å²) in [6.45, 7) is 2.12. The quantitative estimate of drug-likeness (QED) is 0.711. The number of halogens is 1. The monoisotopic (exact) mass is 381 g/mol. The van der Waals surface area contributed by atoms with E-state index in [2.05, 4.69) is 21.2 Å². The molecule has 6 nitrogen and oxygen atoms in total. The number of aliphatic carboxylic acids is 1. The van der Waals surface area contributed by atoms with Gasteiger partial charge in [0.25, 0.3) is 5.91 Å². The van der Waals surface area contributed by atoms with Gasteiger partial charge >= 0.3 is 5.97 Å². The molecule has 2 N–H and O–H groups in total. The predicted molar refractivity (Wildman–Crippen MR) is 87.9 cm³/mol. The number of carboxylic acids is 1. The third-order valence-electron chi connectivity index (χ3n) is 3.01. The van der Waals surface area contributed by atoms with Crippen LogP contribution in [-0.2, 0) is 4.79 Å². The van der Waals surface area contributed by atoms with Crippen LogP contribution in [0, 0.1) is 6.92 Å². The molecule has 0 fully saturated rings. The van der Waals surface area contributed by atoms with E-state index in [1.165, 1.54) is 0 Å². The zero-order valence-electron chi connectivity index (χ0n) is 12.5. The Bertz CT molecular complexity index is 693. The van der Waals surface area contributed by atoms with Crippen molar-refractivity contribution in [2.75, 3.05) is 11.9 Å². The van der Waals surface area contributed by atoms with Gasteiger partial charge in [0.15, 0.2) is 10.4 Å². The van der Waals surface area contributed by atoms with E-state index < -0.39 is 5.97 Å². The maximum atomic E-state index is 12.1. The molecule has 1 aromatic heterocycles. The van der Waals surface area contributed by atoms with Gasteiger partial charge in [-0.2, -0.15) is 0 Å². The van der Waals surface area contributed by atoms with Gasteiger partial charge in [0.1, 0.15) is 5.75 Å². The maximum absolute atomic E-state index is 12.1. The molecule has 0 saturated heterocycles. The Labute approximate surface area is 141 Å². The molecule has 122 valence electrons. The Hall–Kier alpha value is -2.28. The number of ether oxygens (including phenoxy) is 1. The molecule has 0 saturated carbocycles. The van der Waals surface area contributed by atoms with Crippen molar-refractivity contribution in [2.24, 2.45) is 0 Å². The Morgan fingerprint density at radius 3 is 2.57 bits per heavy atom. The van der Waals surface area contributed by atoms with Gasteiger partial charge in [-0.3, -0.25) is 9.59 Å². The Balaban J connectivity index is 1.88. The van der Waals surface area contributed by atoms with Crippen LogP contribution in [0.15, 0.2) is 39.4 Å². The normalized spacial score (nSPS) is 10.3. The fraction of sp³-hybridized carbons (Fsp3) is 0.250. The summed E-state index contributed by atoms with van der Waals surface area (Å²) in [7, 11) is 0. The lowest BCUT2D eigenvalue weighted by atomic mass is 10.2. The second kappa shape index (κ2) is 7.82. The van der Waals surface area contributed by atoms with Crippen LogP contribution in [-0.4, -0.2) is 23.6 Å². The van der Waals surface area contributed by atoms with Crippen LogP contribution in [0.3, 0.4) is 0 Å². The molecule has 7 heteroatoms. The Kier molecular flexibility index (Phi) is 5.81. The first kappa shape index (κ1) is 17.1. The van der Waals surface area contributed by atoms with Crippen LogP contribution in [0.1, 0.15) is 29.0 Å². The molecule has 0 spiro atoms. The van der Waals surface area contributed by atoms with Crippen molar-refractivity contribution in [3.05, 3.63) is 46.3 Å². The minimum absolute atomic E-state index is 0.0756. The van der Waals surface area contributed by atoms with E-state index in [1.54, 1.807) is 37.3 Å². The number of furan rings is 1. The fourth-order valence-electron chi connectivity index (χ4n) is 1.90. The molecule has 0 unspecified atom stereocenters. The average Bonchev–Trinajstić information content (AvgIpc) is 2.84. The smallest absolute Gasteiger partial charge is 0.303 e. The van der Waals surface area contributed by atoms with Gasteiger partial charge in [-0.15, -0.1) is 0 Å². The summed E-state index contributed by atoms with van der Waals surface area (Å²) in [5, 5.41) is 11.3. The number of benzene rings is 1. The van der Waals surface area contributed by atoms with E-state index in [9.17, 15) is 9.59 Å². The molecule has 1 amide bonds.